The Hall–Kier alpha value is -1.70. The number of carbonyl (C=O) groups excluding carboxylic acids is 1. The van der Waals surface area contributed by atoms with Crippen LogP contribution in [0.1, 0.15) is 19.4 Å². The van der Waals surface area contributed by atoms with Crippen LogP contribution in [0.5, 0.6) is 0 Å². The van der Waals surface area contributed by atoms with Crippen molar-refractivity contribution in [2.45, 2.75) is 19.9 Å². The molecule has 0 aliphatic carbocycles. The van der Waals surface area contributed by atoms with Crippen molar-refractivity contribution in [1.82, 2.24) is 5.32 Å². The molecule has 1 rings (SSSR count). The van der Waals surface area contributed by atoms with Crippen LogP contribution in [-0.4, -0.2) is 23.8 Å². The second-order valence-electron chi connectivity index (χ2n) is 3.91. The number of benzene rings is 1. The molecule has 0 spiro atoms. The van der Waals surface area contributed by atoms with Crippen LogP contribution < -0.4 is 10.6 Å². The van der Waals surface area contributed by atoms with Crippen LogP contribution in [0.4, 0.5) is 10.5 Å². The van der Waals surface area contributed by atoms with Crippen LogP contribution in [0.15, 0.2) is 18.2 Å². The molecule has 1 aromatic carbocycles. The third kappa shape index (κ3) is 4.66. The van der Waals surface area contributed by atoms with Gasteiger partial charge in [-0.05, 0) is 32.0 Å². The minimum Gasteiger partial charge on any atom is -0.384 e. The predicted molar refractivity (Wildman–Crippen MR) is 72.7 cm³/mol. The van der Waals surface area contributed by atoms with Crippen molar-refractivity contribution in [2.75, 3.05) is 11.9 Å². The summed E-state index contributed by atoms with van der Waals surface area (Å²) in [5, 5.41) is 14.4. The first-order chi connectivity index (χ1) is 8.52. The van der Waals surface area contributed by atoms with Crippen LogP contribution in [0.3, 0.4) is 0 Å². The van der Waals surface area contributed by atoms with Crippen LogP contribution in [0, 0.1) is 11.8 Å². The molecular weight excluding hydrogens is 252 g/mol. The van der Waals surface area contributed by atoms with Gasteiger partial charge in [-0.25, -0.2) is 4.79 Å². The summed E-state index contributed by atoms with van der Waals surface area (Å²) in [6.45, 7) is 3.52. The Bertz CT molecular complexity index is 489. The molecule has 0 saturated heterocycles. The summed E-state index contributed by atoms with van der Waals surface area (Å²) in [6, 6.07) is 4.75. The van der Waals surface area contributed by atoms with E-state index in [0.717, 1.165) is 0 Å². The first-order valence-corrected chi connectivity index (χ1v) is 5.87. The fourth-order valence-electron chi connectivity index (χ4n) is 1.26. The molecule has 0 bridgehead atoms. The maximum Gasteiger partial charge on any atom is 0.319 e. The number of anilines is 1. The number of hydrogen-bond donors (Lipinski definition) is 3. The van der Waals surface area contributed by atoms with E-state index in [1.54, 1.807) is 18.2 Å². The van der Waals surface area contributed by atoms with Gasteiger partial charge in [0.1, 0.15) is 6.61 Å². The molecule has 0 saturated carbocycles. The van der Waals surface area contributed by atoms with Crippen LogP contribution >= 0.6 is 11.6 Å². The fraction of sp³-hybridized carbons (Fsp3) is 0.308. The monoisotopic (exact) mass is 266 g/mol. The number of hydrogen-bond acceptors (Lipinski definition) is 2. The van der Waals surface area contributed by atoms with Gasteiger partial charge in [0, 0.05) is 11.6 Å². The van der Waals surface area contributed by atoms with E-state index in [2.05, 4.69) is 22.5 Å². The Morgan fingerprint density at radius 3 is 2.83 bits per heavy atom. The number of aliphatic hydroxyl groups is 1. The Morgan fingerprint density at radius 2 is 2.22 bits per heavy atom. The van der Waals surface area contributed by atoms with E-state index in [9.17, 15) is 4.79 Å². The maximum atomic E-state index is 11.5. The number of carbonyl (C=O) groups is 1. The lowest BCUT2D eigenvalue weighted by Crippen LogP contribution is -2.34. The summed E-state index contributed by atoms with van der Waals surface area (Å²) in [6.07, 6.45) is 0. The zero-order chi connectivity index (χ0) is 13.5. The number of amides is 2. The SMILES string of the molecule is CC(C)NC(=O)Nc1cc(C#CCO)ccc1Cl. The molecule has 2 amide bonds. The normalized spacial score (nSPS) is 9.61. The molecule has 0 aliphatic rings. The molecule has 0 radical (unpaired) electrons. The van der Waals surface area contributed by atoms with E-state index >= 15 is 0 Å². The molecule has 3 N–H and O–H groups in total. The van der Waals surface area contributed by atoms with Gasteiger partial charge in [0.2, 0.25) is 0 Å². The summed E-state index contributed by atoms with van der Waals surface area (Å²) in [5.74, 6) is 5.28. The molecule has 0 fully saturated rings. The molecule has 4 nitrogen and oxygen atoms in total. The number of halogens is 1. The summed E-state index contributed by atoms with van der Waals surface area (Å²) in [5.41, 5.74) is 1.16. The minimum absolute atomic E-state index is 0.0427. The van der Waals surface area contributed by atoms with E-state index in [4.69, 9.17) is 16.7 Å². The lowest BCUT2D eigenvalue weighted by atomic mass is 10.2. The molecule has 5 heteroatoms. The van der Waals surface area contributed by atoms with Gasteiger partial charge < -0.3 is 15.7 Å². The molecule has 0 unspecified atom stereocenters. The third-order valence-electron chi connectivity index (χ3n) is 1.95. The standard InChI is InChI=1S/C13H15ClN2O2/c1-9(2)15-13(18)16-12-8-10(4-3-7-17)5-6-11(12)14/h5-6,8-9,17H,7H2,1-2H3,(H2,15,16,18). The zero-order valence-electron chi connectivity index (χ0n) is 10.2. The summed E-state index contributed by atoms with van der Waals surface area (Å²) in [7, 11) is 0. The molecule has 18 heavy (non-hydrogen) atoms. The summed E-state index contributed by atoms with van der Waals surface area (Å²) >= 11 is 5.97. The van der Waals surface area contributed by atoms with E-state index in [-0.39, 0.29) is 18.7 Å². The second-order valence-corrected chi connectivity index (χ2v) is 4.31. The molecule has 0 aromatic heterocycles. The maximum absolute atomic E-state index is 11.5. The van der Waals surface area contributed by atoms with Crippen molar-refractivity contribution >= 4 is 23.3 Å². The van der Waals surface area contributed by atoms with Gasteiger partial charge >= 0.3 is 6.03 Å². The van der Waals surface area contributed by atoms with Crippen molar-refractivity contribution in [3.05, 3.63) is 28.8 Å². The van der Waals surface area contributed by atoms with Crippen LogP contribution in [-0.2, 0) is 0 Å². The number of aliphatic hydroxyl groups excluding tert-OH is 1. The van der Waals surface area contributed by atoms with E-state index in [0.29, 0.717) is 16.3 Å². The second kappa shape index (κ2) is 6.90. The first-order valence-electron chi connectivity index (χ1n) is 5.49. The fourth-order valence-corrected chi connectivity index (χ4v) is 1.43. The third-order valence-corrected chi connectivity index (χ3v) is 2.28. The molecule has 1 aromatic rings. The van der Waals surface area contributed by atoms with Crippen molar-refractivity contribution in [3.63, 3.8) is 0 Å². The van der Waals surface area contributed by atoms with Gasteiger partial charge in [-0.1, -0.05) is 23.4 Å². The largest absolute Gasteiger partial charge is 0.384 e. The number of urea groups is 1. The average molecular weight is 267 g/mol. The molecule has 0 heterocycles. The lowest BCUT2D eigenvalue weighted by molar-refractivity contribution is 0.250. The smallest absolute Gasteiger partial charge is 0.319 e. The Labute approximate surface area is 111 Å². The van der Waals surface area contributed by atoms with Crippen molar-refractivity contribution in [2.24, 2.45) is 0 Å². The highest BCUT2D eigenvalue weighted by atomic mass is 35.5. The number of nitrogens with one attached hydrogen (secondary N) is 2. The van der Waals surface area contributed by atoms with Crippen molar-refractivity contribution in [1.29, 1.82) is 0 Å². The predicted octanol–water partition coefficient (Wildman–Crippen LogP) is 2.21. The first kappa shape index (κ1) is 14.4. The molecule has 0 atom stereocenters. The highest BCUT2D eigenvalue weighted by molar-refractivity contribution is 6.33. The van der Waals surface area contributed by atoms with Crippen LogP contribution in [0.2, 0.25) is 5.02 Å². The van der Waals surface area contributed by atoms with Gasteiger partial charge in [0.25, 0.3) is 0 Å². The summed E-state index contributed by atoms with van der Waals surface area (Å²) < 4.78 is 0. The van der Waals surface area contributed by atoms with Gasteiger partial charge in [0.15, 0.2) is 0 Å². The van der Waals surface area contributed by atoms with Gasteiger partial charge in [-0.2, -0.15) is 0 Å². The van der Waals surface area contributed by atoms with E-state index in [1.807, 2.05) is 13.8 Å². The molecular formula is C13H15ClN2O2. The topological polar surface area (TPSA) is 61.4 Å². The Morgan fingerprint density at radius 1 is 1.50 bits per heavy atom. The Kier molecular flexibility index (Phi) is 5.50. The van der Waals surface area contributed by atoms with Gasteiger partial charge in [-0.15, -0.1) is 0 Å². The minimum atomic E-state index is -0.320. The van der Waals surface area contributed by atoms with E-state index < -0.39 is 0 Å². The highest BCUT2D eigenvalue weighted by Gasteiger charge is 2.06. The summed E-state index contributed by atoms with van der Waals surface area (Å²) in [4.78, 5) is 11.5. The molecule has 96 valence electrons. The lowest BCUT2D eigenvalue weighted by Gasteiger charge is -2.11. The Balaban J connectivity index is 2.84. The highest BCUT2D eigenvalue weighted by Crippen LogP contribution is 2.22. The van der Waals surface area contributed by atoms with Crippen molar-refractivity contribution in [3.8, 4) is 11.8 Å². The average Bonchev–Trinajstić information content (AvgIpc) is 2.29. The van der Waals surface area contributed by atoms with Gasteiger partial charge in [-0.3, -0.25) is 0 Å². The zero-order valence-corrected chi connectivity index (χ0v) is 11.0. The number of rotatable bonds is 2. The van der Waals surface area contributed by atoms with Crippen LogP contribution in [0.25, 0.3) is 0 Å². The van der Waals surface area contributed by atoms with Crippen molar-refractivity contribution < 1.29 is 9.90 Å². The quantitative estimate of drug-likeness (QED) is 0.719. The van der Waals surface area contributed by atoms with Gasteiger partial charge in [0.05, 0.1) is 10.7 Å². The molecule has 0 aliphatic heterocycles. The van der Waals surface area contributed by atoms with E-state index in [1.165, 1.54) is 0 Å².